The summed E-state index contributed by atoms with van der Waals surface area (Å²) in [5.41, 5.74) is 0.954. The van der Waals surface area contributed by atoms with Crippen molar-refractivity contribution < 1.29 is 33.2 Å². The van der Waals surface area contributed by atoms with Crippen LogP contribution in [0.15, 0.2) is 40.9 Å². The van der Waals surface area contributed by atoms with Crippen LogP contribution < -0.4 is 18.9 Å². The lowest BCUT2D eigenvalue weighted by Crippen LogP contribution is -2.25. The van der Waals surface area contributed by atoms with Crippen molar-refractivity contribution in [1.29, 1.82) is 0 Å². The van der Waals surface area contributed by atoms with Gasteiger partial charge in [-0.15, -0.1) is 0 Å². The van der Waals surface area contributed by atoms with Crippen molar-refractivity contribution in [2.45, 2.75) is 12.7 Å². The maximum atomic E-state index is 11.5. The third kappa shape index (κ3) is 6.40. The highest BCUT2D eigenvalue weighted by molar-refractivity contribution is 9.10. The summed E-state index contributed by atoms with van der Waals surface area (Å²) in [7, 11) is 4.63. The summed E-state index contributed by atoms with van der Waals surface area (Å²) < 4.78 is 33.1. The van der Waals surface area contributed by atoms with E-state index in [9.17, 15) is 4.79 Å². The molecule has 152 valence electrons. The highest BCUT2D eigenvalue weighted by atomic mass is 79.9. The molecule has 0 aromatic heterocycles. The van der Waals surface area contributed by atoms with Crippen molar-refractivity contribution in [3.05, 3.63) is 46.4 Å². The van der Waals surface area contributed by atoms with Gasteiger partial charge in [-0.1, -0.05) is 28.1 Å². The summed E-state index contributed by atoms with van der Waals surface area (Å²) >= 11 is 3.38. The second-order valence-electron chi connectivity index (χ2n) is 5.64. The van der Waals surface area contributed by atoms with E-state index in [2.05, 4.69) is 15.9 Å². The van der Waals surface area contributed by atoms with E-state index in [4.69, 9.17) is 28.4 Å². The lowest BCUT2D eigenvalue weighted by atomic mass is 10.2. The van der Waals surface area contributed by atoms with Crippen LogP contribution in [0, 0.1) is 0 Å². The Hall–Kier alpha value is -2.29. The van der Waals surface area contributed by atoms with E-state index >= 15 is 0 Å². The lowest BCUT2D eigenvalue weighted by molar-refractivity contribution is -0.116. The third-order valence-electron chi connectivity index (χ3n) is 3.67. The monoisotopic (exact) mass is 454 g/mol. The van der Waals surface area contributed by atoms with Gasteiger partial charge in [0.2, 0.25) is 5.75 Å². The summed E-state index contributed by atoms with van der Waals surface area (Å²) in [5.74, 6) is 1.87. The van der Waals surface area contributed by atoms with Gasteiger partial charge in [0.1, 0.15) is 5.75 Å². The van der Waals surface area contributed by atoms with E-state index in [0.29, 0.717) is 30.1 Å². The average molecular weight is 455 g/mol. The summed E-state index contributed by atoms with van der Waals surface area (Å²) in [6.07, 6.45) is -0.159. The molecular weight excluding hydrogens is 432 g/mol. The standard InChI is InChI=1S/C20H23BrO7/c1-23-13-27-19-9-15(21)8-18(25-3)20(19)28-17(10-22)12-26-11-14-4-6-16(24-2)7-5-14/h4-10,17H,11-13H2,1-3H3/t17-/m0/s1. The zero-order valence-electron chi connectivity index (χ0n) is 16.0. The van der Waals surface area contributed by atoms with Gasteiger partial charge >= 0.3 is 0 Å². The van der Waals surface area contributed by atoms with Crippen LogP contribution in [0.4, 0.5) is 0 Å². The van der Waals surface area contributed by atoms with Gasteiger partial charge in [-0.05, 0) is 29.8 Å². The Kier molecular flexibility index (Phi) is 9.06. The molecule has 0 N–H and O–H groups in total. The van der Waals surface area contributed by atoms with Crippen LogP contribution in [0.25, 0.3) is 0 Å². The third-order valence-corrected chi connectivity index (χ3v) is 4.13. The van der Waals surface area contributed by atoms with Gasteiger partial charge in [0.25, 0.3) is 0 Å². The molecule has 0 bridgehead atoms. The molecule has 0 aliphatic carbocycles. The molecule has 0 fully saturated rings. The van der Waals surface area contributed by atoms with Crippen molar-refractivity contribution in [1.82, 2.24) is 0 Å². The fourth-order valence-corrected chi connectivity index (χ4v) is 2.73. The van der Waals surface area contributed by atoms with Gasteiger partial charge in [0.05, 0.1) is 27.4 Å². The summed E-state index contributed by atoms with van der Waals surface area (Å²) in [6, 6.07) is 10.9. The molecule has 0 amide bonds. The van der Waals surface area contributed by atoms with E-state index in [1.165, 1.54) is 14.2 Å². The Morgan fingerprint density at radius 1 is 1.04 bits per heavy atom. The molecule has 1 atom stereocenters. The van der Waals surface area contributed by atoms with E-state index in [1.54, 1.807) is 19.2 Å². The Morgan fingerprint density at radius 2 is 1.75 bits per heavy atom. The molecule has 0 saturated heterocycles. The quantitative estimate of drug-likeness (QED) is 0.358. The van der Waals surface area contributed by atoms with E-state index in [1.807, 2.05) is 24.3 Å². The number of aldehydes is 1. The largest absolute Gasteiger partial charge is 0.497 e. The zero-order chi connectivity index (χ0) is 20.4. The number of methoxy groups -OCH3 is 3. The number of benzene rings is 2. The molecule has 0 spiro atoms. The second-order valence-corrected chi connectivity index (χ2v) is 6.56. The second kappa shape index (κ2) is 11.5. The molecule has 0 saturated carbocycles. The first kappa shape index (κ1) is 22.0. The molecule has 7 nitrogen and oxygen atoms in total. The van der Waals surface area contributed by atoms with Crippen molar-refractivity contribution in [3.63, 3.8) is 0 Å². The van der Waals surface area contributed by atoms with Gasteiger partial charge in [0, 0.05) is 11.6 Å². The zero-order valence-corrected chi connectivity index (χ0v) is 17.6. The molecule has 0 heterocycles. The summed E-state index contributed by atoms with van der Waals surface area (Å²) in [4.78, 5) is 11.5. The predicted octanol–water partition coefficient (Wildman–Crippen LogP) is 3.61. The number of hydrogen-bond donors (Lipinski definition) is 0. The van der Waals surface area contributed by atoms with Crippen LogP contribution in [-0.4, -0.2) is 47.1 Å². The molecule has 0 aliphatic heterocycles. The molecule has 8 heteroatoms. The SMILES string of the molecule is COCOc1cc(Br)cc(OC)c1O[C@@H](C=O)COCc1ccc(OC)cc1. The Morgan fingerprint density at radius 3 is 2.36 bits per heavy atom. The first-order chi connectivity index (χ1) is 13.6. The molecule has 0 unspecified atom stereocenters. The van der Waals surface area contributed by atoms with Gasteiger partial charge in [-0.3, -0.25) is 4.79 Å². The van der Waals surface area contributed by atoms with Gasteiger partial charge in [0.15, 0.2) is 30.7 Å². The minimum atomic E-state index is -0.835. The average Bonchev–Trinajstić information content (AvgIpc) is 2.72. The number of hydrogen-bond acceptors (Lipinski definition) is 7. The summed E-state index contributed by atoms with van der Waals surface area (Å²) in [6.45, 7) is 0.427. The van der Waals surface area contributed by atoms with Gasteiger partial charge in [-0.2, -0.15) is 0 Å². The van der Waals surface area contributed by atoms with E-state index in [0.717, 1.165) is 15.8 Å². The molecule has 0 radical (unpaired) electrons. The number of halogens is 1. The van der Waals surface area contributed by atoms with Crippen molar-refractivity contribution in [3.8, 4) is 23.0 Å². The van der Waals surface area contributed by atoms with Crippen LogP contribution in [0.5, 0.6) is 23.0 Å². The fraction of sp³-hybridized carbons (Fsp3) is 0.350. The number of carbonyl (C=O) groups is 1. The minimum Gasteiger partial charge on any atom is -0.497 e. The molecule has 2 rings (SSSR count). The number of carbonyl (C=O) groups excluding carboxylic acids is 1. The summed E-state index contributed by atoms with van der Waals surface area (Å²) in [5, 5.41) is 0. The van der Waals surface area contributed by atoms with Crippen LogP contribution in [0.2, 0.25) is 0 Å². The first-order valence-electron chi connectivity index (χ1n) is 8.43. The van der Waals surface area contributed by atoms with Crippen LogP contribution in [0.3, 0.4) is 0 Å². The first-order valence-corrected chi connectivity index (χ1v) is 9.22. The van der Waals surface area contributed by atoms with Crippen LogP contribution in [-0.2, 0) is 20.9 Å². The molecular formula is C20H23BrO7. The van der Waals surface area contributed by atoms with Crippen molar-refractivity contribution >= 4 is 22.2 Å². The van der Waals surface area contributed by atoms with Crippen molar-refractivity contribution in [2.24, 2.45) is 0 Å². The Bertz CT molecular complexity index is 749. The molecule has 0 aliphatic rings. The van der Waals surface area contributed by atoms with Crippen LogP contribution in [0.1, 0.15) is 5.56 Å². The van der Waals surface area contributed by atoms with Gasteiger partial charge < -0.3 is 28.4 Å². The predicted molar refractivity (Wildman–Crippen MR) is 106 cm³/mol. The minimum absolute atomic E-state index is 0.0235. The topological polar surface area (TPSA) is 72.5 Å². The highest BCUT2D eigenvalue weighted by Crippen LogP contribution is 2.40. The smallest absolute Gasteiger partial charge is 0.204 e. The Balaban J connectivity index is 2.03. The Labute approximate surface area is 172 Å². The maximum Gasteiger partial charge on any atom is 0.204 e. The molecule has 2 aromatic carbocycles. The van der Waals surface area contributed by atoms with Crippen LogP contribution >= 0.6 is 15.9 Å². The highest BCUT2D eigenvalue weighted by Gasteiger charge is 2.19. The van der Waals surface area contributed by atoms with E-state index < -0.39 is 6.10 Å². The fourth-order valence-electron chi connectivity index (χ4n) is 2.31. The molecule has 2 aromatic rings. The van der Waals surface area contributed by atoms with E-state index in [-0.39, 0.29) is 13.4 Å². The number of rotatable bonds is 12. The van der Waals surface area contributed by atoms with Crippen molar-refractivity contribution in [2.75, 3.05) is 34.7 Å². The van der Waals surface area contributed by atoms with Gasteiger partial charge in [-0.25, -0.2) is 0 Å². The molecule has 28 heavy (non-hydrogen) atoms. The normalized spacial score (nSPS) is 11.6. The lowest BCUT2D eigenvalue weighted by Gasteiger charge is -2.19. The maximum absolute atomic E-state index is 11.5. The number of ether oxygens (including phenoxy) is 6.